The van der Waals surface area contributed by atoms with E-state index in [1.165, 1.54) is 0 Å². The van der Waals surface area contributed by atoms with Gasteiger partial charge >= 0.3 is 12.4 Å². The normalized spacial score (nSPS) is 21.1. The van der Waals surface area contributed by atoms with Crippen LogP contribution in [0.2, 0.25) is 0 Å². The molecule has 0 spiro atoms. The van der Waals surface area contributed by atoms with Crippen molar-refractivity contribution in [2.75, 3.05) is 0 Å². The van der Waals surface area contributed by atoms with E-state index in [1.807, 2.05) is 0 Å². The first-order chi connectivity index (χ1) is 10.5. The van der Waals surface area contributed by atoms with Gasteiger partial charge in [-0.3, -0.25) is 0 Å². The van der Waals surface area contributed by atoms with Crippen LogP contribution in [-0.2, 0) is 0 Å². The molecule has 0 aromatic carbocycles. The summed E-state index contributed by atoms with van der Waals surface area (Å²) < 4.78 is 82.4. The standard InChI is InChI=1S/C15H16F6N2/c16-14(17,18)13(15(19,20)21,9-1-5-11(22)6-2-9)10-3-7-12(23)8-4-10/h1,3,22-23H,2,4-8H2. The molecule has 2 aliphatic carbocycles. The zero-order valence-corrected chi connectivity index (χ0v) is 12.2. The molecule has 0 aromatic heterocycles. The van der Waals surface area contributed by atoms with Gasteiger partial charge in [-0.05, 0) is 36.8 Å². The van der Waals surface area contributed by atoms with Crippen LogP contribution in [0.4, 0.5) is 26.3 Å². The quantitative estimate of drug-likeness (QED) is 0.503. The molecule has 0 fully saturated rings. The van der Waals surface area contributed by atoms with E-state index in [0.717, 1.165) is 12.2 Å². The maximum absolute atomic E-state index is 13.7. The van der Waals surface area contributed by atoms with Crippen molar-refractivity contribution in [3.8, 4) is 0 Å². The molecule has 0 heterocycles. The second kappa shape index (κ2) is 5.79. The van der Waals surface area contributed by atoms with Gasteiger partial charge in [-0.15, -0.1) is 0 Å². The summed E-state index contributed by atoms with van der Waals surface area (Å²) in [6.45, 7) is 0. The van der Waals surface area contributed by atoms with E-state index in [-0.39, 0.29) is 37.1 Å². The molecule has 0 radical (unpaired) electrons. The van der Waals surface area contributed by atoms with Gasteiger partial charge in [-0.1, -0.05) is 12.2 Å². The predicted octanol–water partition coefficient (Wildman–Crippen LogP) is 5.36. The van der Waals surface area contributed by atoms with Crippen LogP contribution in [0.1, 0.15) is 38.5 Å². The van der Waals surface area contributed by atoms with Gasteiger partial charge in [0.2, 0.25) is 5.41 Å². The van der Waals surface area contributed by atoms with Gasteiger partial charge in [0.15, 0.2) is 0 Å². The average Bonchev–Trinajstić information content (AvgIpc) is 2.40. The van der Waals surface area contributed by atoms with Crippen molar-refractivity contribution in [3.63, 3.8) is 0 Å². The fourth-order valence-corrected chi connectivity index (χ4v) is 3.25. The molecule has 2 rings (SSSR count). The fourth-order valence-electron chi connectivity index (χ4n) is 3.25. The lowest BCUT2D eigenvalue weighted by atomic mass is 9.66. The Balaban J connectivity index is 2.67. The van der Waals surface area contributed by atoms with Gasteiger partial charge in [-0.25, -0.2) is 0 Å². The Morgan fingerprint density at radius 3 is 1.22 bits per heavy atom. The minimum absolute atomic E-state index is 0.0944. The Kier molecular flexibility index (Phi) is 4.47. The largest absolute Gasteiger partial charge is 0.410 e. The van der Waals surface area contributed by atoms with Crippen molar-refractivity contribution >= 4 is 11.4 Å². The highest BCUT2D eigenvalue weighted by Crippen LogP contribution is 2.62. The summed E-state index contributed by atoms with van der Waals surface area (Å²) in [5, 5.41) is 14.8. The molecule has 128 valence electrons. The number of hydrogen-bond donors (Lipinski definition) is 2. The molecular formula is C15H16F6N2. The number of rotatable bonds is 2. The van der Waals surface area contributed by atoms with Gasteiger partial charge < -0.3 is 10.8 Å². The van der Waals surface area contributed by atoms with Crippen molar-refractivity contribution in [2.24, 2.45) is 5.41 Å². The molecule has 2 nitrogen and oxygen atoms in total. The summed E-state index contributed by atoms with van der Waals surface area (Å²) >= 11 is 0. The topological polar surface area (TPSA) is 47.7 Å². The molecule has 0 unspecified atom stereocenters. The lowest BCUT2D eigenvalue weighted by Crippen LogP contribution is -2.53. The second-order valence-electron chi connectivity index (χ2n) is 5.82. The molecule has 0 aliphatic heterocycles. The van der Waals surface area contributed by atoms with Gasteiger partial charge in [0, 0.05) is 24.3 Å². The smallest absolute Gasteiger partial charge is 0.309 e. The van der Waals surface area contributed by atoms with Crippen LogP contribution < -0.4 is 0 Å². The minimum atomic E-state index is -5.51. The maximum Gasteiger partial charge on any atom is 0.410 e. The van der Waals surface area contributed by atoms with Crippen LogP contribution in [0.25, 0.3) is 0 Å². The summed E-state index contributed by atoms with van der Waals surface area (Å²) in [6.07, 6.45) is -10.6. The van der Waals surface area contributed by atoms with Crippen LogP contribution in [0.5, 0.6) is 0 Å². The van der Waals surface area contributed by atoms with E-state index in [1.54, 1.807) is 0 Å². The third-order valence-electron chi connectivity index (χ3n) is 4.40. The Morgan fingerprint density at radius 1 is 0.652 bits per heavy atom. The molecule has 2 N–H and O–H groups in total. The molecule has 0 amide bonds. The van der Waals surface area contributed by atoms with Crippen LogP contribution in [0.3, 0.4) is 0 Å². The summed E-state index contributed by atoms with van der Waals surface area (Å²) in [5.41, 5.74) is -5.15. The van der Waals surface area contributed by atoms with E-state index in [0.29, 0.717) is 0 Å². The third-order valence-corrected chi connectivity index (χ3v) is 4.40. The minimum Gasteiger partial charge on any atom is -0.309 e. The molecular weight excluding hydrogens is 322 g/mol. The molecule has 8 heteroatoms. The number of alkyl halides is 6. The number of halogens is 6. The lowest BCUT2D eigenvalue weighted by Gasteiger charge is -2.43. The monoisotopic (exact) mass is 338 g/mol. The van der Waals surface area contributed by atoms with E-state index in [4.69, 9.17) is 10.8 Å². The molecule has 0 saturated heterocycles. The lowest BCUT2D eigenvalue weighted by molar-refractivity contribution is -0.312. The first-order valence-corrected chi connectivity index (χ1v) is 7.15. The summed E-state index contributed by atoms with van der Waals surface area (Å²) in [4.78, 5) is 0. The molecule has 0 saturated carbocycles. The molecule has 23 heavy (non-hydrogen) atoms. The predicted molar refractivity (Wildman–Crippen MR) is 73.9 cm³/mol. The zero-order chi connectivity index (χ0) is 17.5. The fraction of sp³-hybridized carbons (Fsp3) is 0.600. The first-order valence-electron chi connectivity index (χ1n) is 7.15. The van der Waals surface area contributed by atoms with Crippen molar-refractivity contribution in [3.05, 3.63) is 23.3 Å². The van der Waals surface area contributed by atoms with E-state index >= 15 is 0 Å². The van der Waals surface area contributed by atoms with E-state index in [2.05, 4.69) is 0 Å². The second-order valence-corrected chi connectivity index (χ2v) is 5.82. The number of hydrogen-bond acceptors (Lipinski definition) is 2. The number of nitrogens with one attached hydrogen (secondary N) is 2. The average molecular weight is 338 g/mol. The highest BCUT2D eigenvalue weighted by atomic mass is 19.4. The molecule has 0 aromatic rings. The van der Waals surface area contributed by atoms with Crippen molar-refractivity contribution < 1.29 is 26.3 Å². The Hall–Kier alpha value is -1.60. The zero-order valence-electron chi connectivity index (χ0n) is 12.2. The first kappa shape index (κ1) is 17.7. The highest BCUT2D eigenvalue weighted by Gasteiger charge is 2.73. The van der Waals surface area contributed by atoms with Gasteiger partial charge in [-0.2, -0.15) is 26.3 Å². The molecule has 2 aliphatic rings. The summed E-state index contributed by atoms with van der Waals surface area (Å²) in [6, 6.07) is 0. The Morgan fingerprint density at radius 2 is 1.00 bits per heavy atom. The van der Waals surface area contributed by atoms with Crippen molar-refractivity contribution in [2.45, 2.75) is 50.9 Å². The Bertz CT molecular complexity index is 528. The van der Waals surface area contributed by atoms with Crippen LogP contribution in [0, 0.1) is 16.2 Å². The van der Waals surface area contributed by atoms with Gasteiger partial charge in [0.05, 0.1) is 0 Å². The van der Waals surface area contributed by atoms with Crippen LogP contribution in [-0.4, -0.2) is 23.8 Å². The van der Waals surface area contributed by atoms with Crippen LogP contribution >= 0.6 is 0 Å². The molecule has 0 atom stereocenters. The van der Waals surface area contributed by atoms with Crippen LogP contribution in [0.15, 0.2) is 23.3 Å². The highest BCUT2D eigenvalue weighted by molar-refractivity contribution is 5.85. The third kappa shape index (κ3) is 2.95. The van der Waals surface area contributed by atoms with Gasteiger partial charge in [0.25, 0.3) is 0 Å². The van der Waals surface area contributed by atoms with E-state index in [9.17, 15) is 26.3 Å². The Labute approximate surface area is 129 Å². The summed E-state index contributed by atoms with van der Waals surface area (Å²) in [7, 11) is 0. The van der Waals surface area contributed by atoms with Crippen molar-refractivity contribution in [1.82, 2.24) is 0 Å². The maximum atomic E-state index is 13.7. The SMILES string of the molecule is N=C1CC=C(C(C2=CCC(=N)CC2)(C(F)(F)F)C(F)(F)F)CC1. The van der Waals surface area contributed by atoms with Crippen molar-refractivity contribution in [1.29, 1.82) is 10.8 Å². The van der Waals surface area contributed by atoms with E-state index < -0.39 is 41.8 Å². The number of allylic oxidation sites excluding steroid dienone is 4. The van der Waals surface area contributed by atoms with Gasteiger partial charge in [0.1, 0.15) is 0 Å². The molecule has 0 bridgehead atoms. The summed E-state index contributed by atoms with van der Waals surface area (Å²) in [5.74, 6) is 0.